The monoisotopic (exact) mass is 425 g/mol. The van der Waals surface area contributed by atoms with Crippen LogP contribution in [-0.4, -0.2) is 47.3 Å². The SMILES string of the molecule is C=CCC1(Cc2ccccc2)CN(C(=O)O)CCN(c2nc3cc(Cl)ccc3o2)C1. The third-order valence-corrected chi connectivity index (χ3v) is 5.81. The summed E-state index contributed by atoms with van der Waals surface area (Å²) in [6.07, 6.45) is 2.36. The van der Waals surface area contributed by atoms with Gasteiger partial charge in [-0.05, 0) is 36.6 Å². The molecule has 1 saturated heterocycles. The van der Waals surface area contributed by atoms with E-state index in [-0.39, 0.29) is 5.41 Å². The quantitative estimate of drug-likeness (QED) is 0.577. The number of benzene rings is 2. The molecular formula is C23H24ClN3O3. The zero-order chi connectivity index (χ0) is 21.1. The lowest BCUT2D eigenvalue weighted by Gasteiger charge is -2.36. The zero-order valence-corrected chi connectivity index (χ0v) is 17.4. The Labute approximate surface area is 180 Å². The van der Waals surface area contributed by atoms with Crippen LogP contribution < -0.4 is 4.90 Å². The van der Waals surface area contributed by atoms with E-state index in [2.05, 4.69) is 23.7 Å². The van der Waals surface area contributed by atoms with Crippen LogP contribution in [0.25, 0.3) is 11.1 Å². The topological polar surface area (TPSA) is 69.8 Å². The van der Waals surface area contributed by atoms with Gasteiger partial charge in [-0.15, -0.1) is 6.58 Å². The molecule has 1 aliphatic heterocycles. The lowest BCUT2D eigenvalue weighted by Crippen LogP contribution is -2.43. The predicted octanol–water partition coefficient (Wildman–Crippen LogP) is 5.09. The van der Waals surface area contributed by atoms with Gasteiger partial charge in [-0.3, -0.25) is 0 Å². The molecule has 1 aliphatic rings. The minimum atomic E-state index is -0.914. The number of amides is 1. The Morgan fingerprint density at radius 1 is 1.23 bits per heavy atom. The number of hydrogen-bond donors (Lipinski definition) is 1. The molecule has 1 unspecified atom stereocenters. The molecule has 6 nitrogen and oxygen atoms in total. The number of halogens is 1. The van der Waals surface area contributed by atoms with Crippen molar-refractivity contribution >= 4 is 34.8 Å². The third-order valence-electron chi connectivity index (χ3n) is 5.57. The number of anilines is 1. The number of hydrogen-bond acceptors (Lipinski definition) is 4. The molecule has 2 heterocycles. The van der Waals surface area contributed by atoms with Crippen molar-refractivity contribution in [2.45, 2.75) is 12.8 Å². The molecule has 0 spiro atoms. The normalized spacial score (nSPS) is 19.6. The lowest BCUT2D eigenvalue weighted by molar-refractivity contribution is 0.124. The summed E-state index contributed by atoms with van der Waals surface area (Å²) in [6, 6.07) is 16.0. The van der Waals surface area contributed by atoms with Crippen molar-refractivity contribution in [3.05, 3.63) is 71.8 Å². The van der Waals surface area contributed by atoms with E-state index in [1.54, 1.807) is 18.2 Å². The van der Waals surface area contributed by atoms with Crippen LogP contribution in [0.4, 0.5) is 10.8 Å². The molecule has 1 fully saturated rings. The van der Waals surface area contributed by atoms with Crippen LogP contribution in [0.2, 0.25) is 5.02 Å². The average Bonchev–Trinajstić information content (AvgIpc) is 3.04. The third kappa shape index (κ3) is 4.28. The Morgan fingerprint density at radius 2 is 2.03 bits per heavy atom. The Bertz CT molecular complexity index is 1050. The Kier molecular flexibility index (Phi) is 5.68. The van der Waals surface area contributed by atoms with Gasteiger partial charge in [-0.1, -0.05) is 48.0 Å². The maximum absolute atomic E-state index is 11.9. The zero-order valence-electron chi connectivity index (χ0n) is 16.6. The molecule has 1 N–H and O–H groups in total. The van der Waals surface area contributed by atoms with Crippen LogP contribution in [0, 0.1) is 5.41 Å². The van der Waals surface area contributed by atoms with Crippen molar-refractivity contribution in [2.75, 3.05) is 31.1 Å². The summed E-state index contributed by atoms with van der Waals surface area (Å²) >= 11 is 6.09. The van der Waals surface area contributed by atoms with Crippen LogP contribution in [-0.2, 0) is 6.42 Å². The van der Waals surface area contributed by atoms with Gasteiger partial charge in [0, 0.05) is 36.6 Å². The molecule has 0 aliphatic carbocycles. The van der Waals surface area contributed by atoms with Crippen molar-refractivity contribution in [1.29, 1.82) is 0 Å². The van der Waals surface area contributed by atoms with Crippen LogP contribution >= 0.6 is 11.6 Å². The van der Waals surface area contributed by atoms with E-state index in [1.165, 1.54) is 4.90 Å². The number of nitrogens with zero attached hydrogens (tertiary/aromatic N) is 3. The van der Waals surface area contributed by atoms with Crippen LogP contribution in [0.5, 0.6) is 0 Å². The molecule has 0 radical (unpaired) electrons. The van der Waals surface area contributed by atoms with Gasteiger partial charge in [0.1, 0.15) is 5.52 Å². The van der Waals surface area contributed by atoms with Gasteiger partial charge in [-0.25, -0.2) is 4.79 Å². The fourth-order valence-corrected chi connectivity index (χ4v) is 4.42. The number of oxazole rings is 1. The summed E-state index contributed by atoms with van der Waals surface area (Å²) in [4.78, 5) is 20.1. The second kappa shape index (κ2) is 8.40. The maximum Gasteiger partial charge on any atom is 0.407 e. The largest absolute Gasteiger partial charge is 0.465 e. The van der Waals surface area contributed by atoms with Crippen molar-refractivity contribution < 1.29 is 14.3 Å². The standard InChI is InChI=1S/C23H24ClN3O3/c1-2-10-23(14-17-6-4-3-5-7-17)15-26(11-12-27(16-23)22(28)29)21-25-19-13-18(24)8-9-20(19)30-21/h2-9,13H,1,10-12,14-16H2,(H,28,29). The lowest BCUT2D eigenvalue weighted by atomic mass is 9.78. The van der Waals surface area contributed by atoms with Crippen molar-refractivity contribution in [3.8, 4) is 0 Å². The van der Waals surface area contributed by atoms with E-state index in [9.17, 15) is 9.90 Å². The molecule has 0 saturated carbocycles. The summed E-state index contributed by atoms with van der Waals surface area (Å²) < 4.78 is 6.00. The van der Waals surface area contributed by atoms with Gasteiger partial charge in [0.2, 0.25) is 0 Å². The highest BCUT2D eigenvalue weighted by atomic mass is 35.5. The van der Waals surface area contributed by atoms with E-state index in [0.29, 0.717) is 54.7 Å². The Morgan fingerprint density at radius 3 is 2.77 bits per heavy atom. The second-order valence-corrected chi connectivity index (χ2v) is 8.33. The first kappa shape index (κ1) is 20.3. The first-order valence-corrected chi connectivity index (χ1v) is 10.3. The molecule has 2 aromatic carbocycles. The molecule has 1 aromatic heterocycles. The van der Waals surface area contributed by atoms with Crippen molar-refractivity contribution in [3.63, 3.8) is 0 Å². The number of allylic oxidation sites excluding steroid dienone is 1. The second-order valence-electron chi connectivity index (χ2n) is 7.89. The van der Waals surface area contributed by atoms with Crippen LogP contribution in [0.15, 0.2) is 65.6 Å². The number of fused-ring (bicyclic) bond motifs is 1. The summed E-state index contributed by atoms with van der Waals surface area (Å²) in [7, 11) is 0. The molecule has 156 valence electrons. The van der Waals surface area contributed by atoms with Crippen molar-refractivity contribution in [1.82, 2.24) is 9.88 Å². The highest BCUT2D eigenvalue weighted by Gasteiger charge is 2.39. The summed E-state index contributed by atoms with van der Waals surface area (Å²) in [5, 5.41) is 10.4. The van der Waals surface area contributed by atoms with Gasteiger partial charge in [-0.2, -0.15) is 4.98 Å². The van der Waals surface area contributed by atoms with Crippen molar-refractivity contribution in [2.24, 2.45) is 5.41 Å². The van der Waals surface area contributed by atoms with Gasteiger partial charge >= 0.3 is 6.09 Å². The fraction of sp³-hybridized carbons (Fsp3) is 0.304. The number of carbonyl (C=O) groups is 1. The van der Waals surface area contributed by atoms with Gasteiger partial charge < -0.3 is 19.3 Å². The molecule has 7 heteroatoms. The fourth-order valence-electron chi connectivity index (χ4n) is 4.26. The first-order chi connectivity index (χ1) is 14.5. The predicted molar refractivity (Wildman–Crippen MR) is 118 cm³/mol. The molecule has 30 heavy (non-hydrogen) atoms. The Hall–Kier alpha value is -2.99. The Balaban J connectivity index is 1.72. The molecular weight excluding hydrogens is 402 g/mol. The van der Waals surface area contributed by atoms with Gasteiger partial charge in [0.25, 0.3) is 6.01 Å². The van der Waals surface area contributed by atoms with Gasteiger partial charge in [0.05, 0.1) is 0 Å². The van der Waals surface area contributed by atoms with E-state index in [0.717, 1.165) is 12.0 Å². The summed E-state index contributed by atoms with van der Waals surface area (Å²) in [6.45, 7) is 5.86. The minimum Gasteiger partial charge on any atom is -0.465 e. The van der Waals surface area contributed by atoms with Crippen LogP contribution in [0.3, 0.4) is 0 Å². The van der Waals surface area contributed by atoms with E-state index in [4.69, 9.17) is 16.0 Å². The summed E-state index contributed by atoms with van der Waals surface area (Å²) in [5.74, 6) is 0. The van der Waals surface area contributed by atoms with E-state index < -0.39 is 6.09 Å². The van der Waals surface area contributed by atoms with Gasteiger partial charge in [0.15, 0.2) is 5.58 Å². The number of aromatic nitrogens is 1. The number of carboxylic acid groups (broad SMARTS) is 1. The highest BCUT2D eigenvalue weighted by molar-refractivity contribution is 6.31. The molecule has 3 aromatic rings. The smallest absolute Gasteiger partial charge is 0.407 e. The molecule has 0 bridgehead atoms. The molecule has 1 atom stereocenters. The first-order valence-electron chi connectivity index (χ1n) is 9.92. The van der Waals surface area contributed by atoms with E-state index >= 15 is 0 Å². The maximum atomic E-state index is 11.9. The molecule has 1 amide bonds. The highest BCUT2D eigenvalue weighted by Crippen LogP contribution is 2.35. The molecule has 4 rings (SSSR count). The number of rotatable bonds is 5. The van der Waals surface area contributed by atoms with E-state index in [1.807, 2.05) is 29.2 Å². The average molecular weight is 426 g/mol. The minimum absolute atomic E-state index is 0.351. The van der Waals surface area contributed by atoms with Crippen LogP contribution in [0.1, 0.15) is 12.0 Å². The summed E-state index contributed by atoms with van der Waals surface area (Å²) in [5.41, 5.74) is 2.16.